The van der Waals surface area contributed by atoms with Crippen molar-refractivity contribution in [3.05, 3.63) is 10.4 Å². The van der Waals surface area contributed by atoms with Crippen LogP contribution in [0.25, 0.3) is 10.4 Å². The first kappa shape index (κ1) is 7.23. The van der Waals surface area contributed by atoms with Crippen LogP contribution in [-0.4, -0.2) is 29.5 Å². The molecule has 0 fully saturated rings. The molecule has 0 aliphatic rings. The van der Waals surface area contributed by atoms with Gasteiger partial charge in [0.2, 0.25) is 0 Å². The zero-order valence-electron chi connectivity index (χ0n) is 4.23. The maximum atomic E-state index is 8.23. The van der Waals surface area contributed by atoms with Gasteiger partial charge in [-0.25, -0.2) is 0 Å². The molecule has 0 aliphatic carbocycles. The van der Waals surface area contributed by atoms with E-state index in [9.17, 15) is 0 Å². The Hall–Kier alpha value is -0.770. The van der Waals surface area contributed by atoms with Crippen molar-refractivity contribution in [2.24, 2.45) is 5.11 Å². The Morgan fingerprint density at radius 1 is 1.50 bits per heavy atom. The molecule has 5 heteroatoms. The topological polar surface area (TPSA) is 89.2 Å². The molecule has 0 unspecified atom stereocenters. The van der Waals surface area contributed by atoms with Gasteiger partial charge < -0.3 is 10.2 Å². The number of azide groups is 1. The second kappa shape index (κ2) is 4.39. The molecule has 0 spiro atoms. The summed E-state index contributed by atoms with van der Waals surface area (Å²) in [6.07, 6.45) is 0. The van der Waals surface area contributed by atoms with Crippen LogP contribution < -0.4 is 0 Å². The van der Waals surface area contributed by atoms with E-state index in [2.05, 4.69) is 10.0 Å². The number of nitrogens with zero attached hydrogens (tertiary/aromatic N) is 3. The second-order valence-electron chi connectivity index (χ2n) is 1.22. The first-order chi connectivity index (χ1) is 3.85. The largest absolute Gasteiger partial charge is 0.396 e. The Morgan fingerprint density at radius 2 is 2.00 bits per heavy atom. The van der Waals surface area contributed by atoms with Gasteiger partial charge in [-0.3, -0.25) is 0 Å². The molecule has 0 aromatic heterocycles. The van der Waals surface area contributed by atoms with Crippen LogP contribution in [0, 0.1) is 0 Å². The zero-order chi connectivity index (χ0) is 6.41. The summed E-state index contributed by atoms with van der Waals surface area (Å²) in [7, 11) is 0. The van der Waals surface area contributed by atoms with Crippen molar-refractivity contribution in [3.8, 4) is 0 Å². The predicted molar refractivity (Wildman–Crippen MR) is 27.1 cm³/mol. The fourth-order valence-corrected chi connectivity index (χ4v) is 0.204. The van der Waals surface area contributed by atoms with Gasteiger partial charge in [0.05, 0.1) is 19.3 Å². The molecule has 0 atom stereocenters. The third-order valence-electron chi connectivity index (χ3n) is 0.636. The molecule has 0 bridgehead atoms. The molecule has 0 aliphatic heterocycles. The van der Waals surface area contributed by atoms with Crippen LogP contribution in [0.3, 0.4) is 0 Å². The number of aliphatic hydroxyl groups is 2. The Balaban J connectivity index is 3.52. The first-order valence-corrected chi connectivity index (χ1v) is 2.11. The summed E-state index contributed by atoms with van der Waals surface area (Å²) in [4.78, 5) is 2.38. The van der Waals surface area contributed by atoms with E-state index >= 15 is 0 Å². The van der Waals surface area contributed by atoms with Gasteiger partial charge in [0.15, 0.2) is 0 Å². The molecular formula is C3H7N3O2. The van der Waals surface area contributed by atoms with E-state index in [1.54, 1.807) is 0 Å². The van der Waals surface area contributed by atoms with E-state index in [1.807, 2.05) is 0 Å². The number of hydrogen-bond acceptors (Lipinski definition) is 3. The molecule has 0 heterocycles. The summed E-state index contributed by atoms with van der Waals surface area (Å²) in [6, 6.07) is -0.681. The summed E-state index contributed by atoms with van der Waals surface area (Å²) in [5, 5.41) is 19.5. The average molecular weight is 117 g/mol. The molecule has 2 N–H and O–H groups in total. The monoisotopic (exact) mass is 117 g/mol. The molecule has 0 aromatic rings. The van der Waals surface area contributed by atoms with Gasteiger partial charge in [0.25, 0.3) is 0 Å². The summed E-state index contributed by atoms with van der Waals surface area (Å²) in [6.45, 7) is -0.610. The fourth-order valence-electron chi connectivity index (χ4n) is 0.204. The summed E-state index contributed by atoms with van der Waals surface area (Å²) >= 11 is 0. The van der Waals surface area contributed by atoms with Gasteiger partial charge in [0, 0.05) is 4.91 Å². The lowest BCUT2D eigenvalue weighted by atomic mass is 10.4. The van der Waals surface area contributed by atoms with Gasteiger partial charge >= 0.3 is 0 Å². The Kier molecular flexibility index (Phi) is 3.97. The number of hydrogen-bond donors (Lipinski definition) is 2. The van der Waals surface area contributed by atoms with Crippen molar-refractivity contribution >= 4 is 0 Å². The van der Waals surface area contributed by atoms with Gasteiger partial charge in [-0.15, -0.1) is 0 Å². The van der Waals surface area contributed by atoms with Gasteiger partial charge in [0.1, 0.15) is 0 Å². The second-order valence-corrected chi connectivity index (χ2v) is 1.22. The predicted octanol–water partition coefficient (Wildman–Crippen LogP) is -0.350. The minimum Gasteiger partial charge on any atom is -0.396 e. The van der Waals surface area contributed by atoms with Crippen LogP contribution in [0.1, 0.15) is 0 Å². The van der Waals surface area contributed by atoms with Crippen LogP contribution in [-0.2, 0) is 0 Å². The van der Waals surface area contributed by atoms with E-state index in [-0.39, 0.29) is 13.2 Å². The van der Waals surface area contributed by atoms with Gasteiger partial charge in [-0.05, 0) is 5.53 Å². The minimum atomic E-state index is -0.681. The lowest BCUT2D eigenvalue weighted by molar-refractivity contribution is 0.194. The van der Waals surface area contributed by atoms with Crippen molar-refractivity contribution in [1.29, 1.82) is 0 Å². The van der Waals surface area contributed by atoms with Crippen molar-refractivity contribution in [3.63, 3.8) is 0 Å². The molecule has 0 amide bonds. The SMILES string of the molecule is [N-]=[N+]=NC(CO)CO. The highest BCUT2D eigenvalue weighted by Crippen LogP contribution is 1.85. The maximum absolute atomic E-state index is 8.23. The summed E-state index contributed by atoms with van der Waals surface area (Å²) < 4.78 is 0. The Labute approximate surface area is 46.2 Å². The molecule has 0 rings (SSSR count). The van der Waals surface area contributed by atoms with Crippen LogP contribution in [0.4, 0.5) is 0 Å². The Morgan fingerprint density at radius 3 is 2.12 bits per heavy atom. The van der Waals surface area contributed by atoms with Crippen LogP contribution in [0.5, 0.6) is 0 Å². The van der Waals surface area contributed by atoms with Gasteiger partial charge in [-0.2, -0.15) is 0 Å². The average Bonchev–Trinajstić information content (AvgIpc) is 1.83. The minimum absolute atomic E-state index is 0.305. The standard InChI is InChI=1S/C3H7N3O2/c4-6-5-3(1-7)2-8/h3,7-8H,1-2H2. The third kappa shape index (κ3) is 2.41. The summed E-state index contributed by atoms with van der Waals surface area (Å²) in [5.74, 6) is 0. The van der Waals surface area contributed by atoms with E-state index in [1.165, 1.54) is 0 Å². The van der Waals surface area contributed by atoms with Crippen LogP contribution in [0.2, 0.25) is 0 Å². The molecule has 8 heavy (non-hydrogen) atoms. The highest BCUT2D eigenvalue weighted by Gasteiger charge is 1.98. The van der Waals surface area contributed by atoms with Crippen LogP contribution >= 0.6 is 0 Å². The molecule has 0 saturated heterocycles. The van der Waals surface area contributed by atoms with E-state index in [4.69, 9.17) is 15.7 Å². The fraction of sp³-hybridized carbons (Fsp3) is 1.00. The van der Waals surface area contributed by atoms with E-state index < -0.39 is 6.04 Å². The van der Waals surface area contributed by atoms with Crippen molar-refractivity contribution in [1.82, 2.24) is 0 Å². The van der Waals surface area contributed by atoms with Gasteiger partial charge in [-0.1, -0.05) is 5.11 Å². The molecule has 0 aromatic carbocycles. The summed E-state index contributed by atoms with van der Waals surface area (Å²) in [5.41, 5.74) is 7.74. The molecule has 0 saturated carbocycles. The van der Waals surface area contributed by atoms with Crippen molar-refractivity contribution < 1.29 is 10.2 Å². The Bertz CT molecular complexity index is 94.7. The van der Waals surface area contributed by atoms with E-state index in [0.29, 0.717) is 0 Å². The molecule has 46 valence electrons. The highest BCUT2D eigenvalue weighted by atomic mass is 16.3. The molecule has 0 radical (unpaired) electrons. The third-order valence-corrected chi connectivity index (χ3v) is 0.636. The van der Waals surface area contributed by atoms with Crippen molar-refractivity contribution in [2.45, 2.75) is 6.04 Å². The smallest absolute Gasteiger partial charge is 0.0836 e. The highest BCUT2D eigenvalue weighted by molar-refractivity contribution is 4.61. The molecule has 5 nitrogen and oxygen atoms in total. The molecular weight excluding hydrogens is 110 g/mol. The number of rotatable bonds is 3. The first-order valence-electron chi connectivity index (χ1n) is 2.11. The number of aliphatic hydroxyl groups excluding tert-OH is 2. The van der Waals surface area contributed by atoms with E-state index in [0.717, 1.165) is 0 Å². The quantitative estimate of drug-likeness (QED) is 0.300. The van der Waals surface area contributed by atoms with Crippen LogP contribution in [0.15, 0.2) is 5.11 Å². The van der Waals surface area contributed by atoms with Crippen molar-refractivity contribution in [2.75, 3.05) is 13.2 Å². The maximum Gasteiger partial charge on any atom is 0.0836 e. The lowest BCUT2D eigenvalue weighted by Gasteiger charge is -1.97. The lowest BCUT2D eigenvalue weighted by Crippen LogP contribution is -2.13. The zero-order valence-corrected chi connectivity index (χ0v) is 4.23. The normalized spacial score (nSPS) is 8.88.